The molecule has 0 bridgehead atoms. The van der Waals surface area contributed by atoms with E-state index in [9.17, 15) is 4.79 Å². The van der Waals surface area contributed by atoms with Crippen LogP contribution in [-0.2, 0) is 4.79 Å². The van der Waals surface area contributed by atoms with Gasteiger partial charge in [0.15, 0.2) is 0 Å². The van der Waals surface area contributed by atoms with Crippen LogP contribution in [0.5, 0.6) is 5.88 Å². The number of ether oxygens (including phenoxy) is 1. The van der Waals surface area contributed by atoms with Crippen molar-refractivity contribution in [2.45, 2.75) is 39.0 Å². The van der Waals surface area contributed by atoms with Gasteiger partial charge in [-0.25, -0.2) is 4.98 Å². The van der Waals surface area contributed by atoms with E-state index in [4.69, 9.17) is 9.84 Å². The molecule has 1 aliphatic rings. The van der Waals surface area contributed by atoms with E-state index in [1.54, 1.807) is 12.3 Å². The maximum absolute atomic E-state index is 10.9. The summed E-state index contributed by atoms with van der Waals surface area (Å²) in [6, 6.07) is 1.75. The van der Waals surface area contributed by atoms with Crippen LogP contribution in [0.4, 0.5) is 5.95 Å². The SMILES string of the molecule is CCCOc1ccnc(NCC2CCC(C(=O)O)CC2)n1. The van der Waals surface area contributed by atoms with E-state index in [1.807, 2.05) is 6.92 Å². The number of aromatic nitrogens is 2. The lowest BCUT2D eigenvalue weighted by Crippen LogP contribution is -2.25. The van der Waals surface area contributed by atoms with Crippen molar-refractivity contribution in [2.75, 3.05) is 18.5 Å². The number of rotatable bonds is 7. The lowest BCUT2D eigenvalue weighted by atomic mass is 9.82. The number of carbonyl (C=O) groups is 1. The number of nitrogens with one attached hydrogen (secondary N) is 1. The van der Waals surface area contributed by atoms with E-state index in [0.29, 0.717) is 24.4 Å². The van der Waals surface area contributed by atoms with Gasteiger partial charge in [0.05, 0.1) is 12.5 Å². The van der Waals surface area contributed by atoms with Gasteiger partial charge in [-0.3, -0.25) is 4.79 Å². The van der Waals surface area contributed by atoms with Crippen molar-refractivity contribution in [3.05, 3.63) is 12.3 Å². The van der Waals surface area contributed by atoms with Crippen LogP contribution in [0.15, 0.2) is 12.3 Å². The van der Waals surface area contributed by atoms with Crippen LogP contribution >= 0.6 is 0 Å². The smallest absolute Gasteiger partial charge is 0.306 e. The second-order valence-electron chi connectivity index (χ2n) is 5.50. The molecule has 2 N–H and O–H groups in total. The summed E-state index contributed by atoms with van der Waals surface area (Å²) in [5.41, 5.74) is 0. The minimum atomic E-state index is -0.662. The summed E-state index contributed by atoms with van der Waals surface area (Å²) >= 11 is 0. The summed E-state index contributed by atoms with van der Waals surface area (Å²) in [5, 5.41) is 12.2. The van der Waals surface area contributed by atoms with E-state index in [-0.39, 0.29) is 5.92 Å². The zero-order valence-corrected chi connectivity index (χ0v) is 12.4. The molecule has 0 amide bonds. The van der Waals surface area contributed by atoms with Crippen LogP contribution < -0.4 is 10.1 Å². The Morgan fingerprint density at radius 1 is 1.43 bits per heavy atom. The summed E-state index contributed by atoms with van der Waals surface area (Å²) in [4.78, 5) is 19.4. The normalized spacial score (nSPS) is 21.8. The van der Waals surface area contributed by atoms with Gasteiger partial charge in [-0.05, 0) is 38.0 Å². The summed E-state index contributed by atoms with van der Waals surface area (Å²) in [6.45, 7) is 3.48. The number of aliphatic carboxylic acids is 1. The Morgan fingerprint density at radius 3 is 2.86 bits per heavy atom. The van der Waals surface area contributed by atoms with E-state index >= 15 is 0 Å². The Labute approximate surface area is 124 Å². The molecule has 1 aromatic rings. The Kier molecular flexibility index (Phi) is 5.78. The molecule has 21 heavy (non-hydrogen) atoms. The predicted octanol–water partition coefficient (Wildman–Crippen LogP) is 2.57. The highest BCUT2D eigenvalue weighted by Gasteiger charge is 2.25. The summed E-state index contributed by atoms with van der Waals surface area (Å²) in [5.74, 6) is 0.825. The average Bonchev–Trinajstić information content (AvgIpc) is 2.52. The maximum atomic E-state index is 10.9. The van der Waals surface area contributed by atoms with Gasteiger partial charge in [-0.15, -0.1) is 0 Å². The molecule has 0 atom stereocenters. The second kappa shape index (κ2) is 7.81. The topological polar surface area (TPSA) is 84.3 Å². The molecule has 1 aliphatic carbocycles. The van der Waals surface area contributed by atoms with Gasteiger partial charge in [0.1, 0.15) is 0 Å². The molecule has 1 aromatic heterocycles. The van der Waals surface area contributed by atoms with Gasteiger partial charge in [-0.1, -0.05) is 6.92 Å². The average molecular weight is 293 g/mol. The zero-order chi connectivity index (χ0) is 15.1. The summed E-state index contributed by atoms with van der Waals surface area (Å²) < 4.78 is 5.47. The van der Waals surface area contributed by atoms with E-state index in [0.717, 1.165) is 38.6 Å². The number of carboxylic acid groups (broad SMARTS) is 1. The van der Waals surface area contributed by atoms with E-state index in [1.165, 1.54) is 0 Å². The molecule has 6 nitrogen and oxygen atoms in total. The van der Waals surface area contributed by atoms with Crippen molar-refractivity contribution < 1.29 is 14.6 Å². The number of nitrogens with zero attached hydrogens (tertiary/aromatic N) is 2. The van der Waals surface area contributed by atoms with Crippen molar-refractivity contribution >= 4 is 11.9 Å². The summed E-state index contributed by atoms with van der Waals surface area (Å²) in [7, 11) is 0. The summed E-state index contributed by atoms with van der Waals surface area (Å²) in [6.07, 6.45) is 6.04. The molecule has 1 heterocycles. The van der Waals surface area contributed by atoms with Gasteiger partial charge < -0.3 is 15.2 Å². The highest BCUT2D eigenvalue weighted by molar-refractivity contribution is 5.69. The minimum absolute atomic E-state index is 0.164. The molecule has 0 aromatic carbocycles. The maximum Gasteiger partial charge on any atom is 0.306 e. The van der Waals surface area contributed by atoms with Crippen LogP contribution in [0.1, 0.15) is 39.0 Å². The van der Waals surface area contributed by atoms with Crippen LogP contribution in [0, 0.1) is 11.8 Å². The first-order valence-electron chi connectivity index (χ1n) is 7.61. The fourth-order valence-electron chi connectivity index (χ4n) is 2.56. The molecule has 0 unspecified atom stereocenters. The molecule has 0 saturated heterocycles. The highest BCUT2D eigenvalue weighted by Crippen LogP contribution is 2.28. The number of hydrogen-bond acceptors (Lipinski definition) is 5. The molecule has 0 radical (unpaired) electrons. The predicted molar refractivity (Wildman–Crippen MR) is 79.4 cm³/mol. The lowest BCUT2D eigenvalue weighted by Gasteiger charge is -2.26. The molecule has 1 saturated carbocycles. The molecule has 1 fully saturated rings. The number of carboxylic acids is 1. The Morgan fingerprint density at radius 2 is 2.19 bits per heavy atom. The Hall–Kier alpha value is -1.85. The molecule has 0 aliphatic heterocycles. The first-order valence-corrected chi connectivity index (χ1v) is 7.61. The third-order valence-corrected chi connectivity index (χ3v) is 3.83. The third kappa shape index (κ3) is 4.88. The largest absolute Gasteiger partial charge is 0.481 e. The first-order chi connectivity index (χ1) is 10.2. The van der Waals surface area contributed by atoms with Gasteiger partial charge in [0.2, 0.25) is 11.8 Å². The van der Waals surface area contributed by atoms with Crippen LogP contribution in [0.2, 0.25) is 0 Å². The molecular formula is C15H23N3O3. The Bertz CT molecular complexity index is 459. The van der Waals surface area contributed by atoms with Gasteiger partial charge in [0, 0.05) is 18.8 Å². The van der Waals surface area contributed by atoms with Crippen LogP contribution in [0.3, 0.4) is 0 Å². The third-order valence-electron chi connectivity index (χ3n) is 3.83. The second-order valence-corrected chi connectivity index (χ2v) is 5.50. The minimum Gasteiger partial charge on any atom is -0.481 e. The van der Waals surface area contributed by atoms with Gasteiger partial charge in [-0.2, -0.15) is 4.98 Å². The standard InChI is InChI=1S/C15H23N3O3/c1-2-9-21-13-7-8-16-15(18-13)17-10-11-3-5-12(6-4-11)14(19)20/h7-8,11-12H,2-6,9-10H2,1H3,(H,19,20)(H,16,17,18). The van der Waals surface area contributed by atoms with Crippen molar-refractivity contribution in [2.24, 2.45) is 11.8 Å². The monoisotopic (exact) mass is 293 g/mol. The van der Waals surface area contributed by atoms with Gasteiger partial charge >= 0.3 is 5.97 Å². The highest BCUT2D eigenvalue weighted by atomic mass is 16.5. The van der Waals surface area contributed by atoms with Crippen molar-refractivity contribution in [1.29, 1.82) is 0 Å². The van der Waals surface area contributed by atoms with Crippen LogP contribution in [0.25, 0.3) is 0 Å². The zero-order valence-electron chi connectivity index (χ0n) is 12.4. The molecule has 6 heteroatoms. The molecular weight excluding hydrogens is 270 g/mol. The van der Waals surface area contributed by atoms with Crippen molar-refractivity contribution in [1.82, 2.24) is 9.97 Å². The molecule has 2 rings (SSSR count). The lowest BCUT2D eigenvalue weighted by molar-refractivity contribution is -0.143. The van der Waals surface area contributed by atoms with E-state index in [2.05, 4.69) is 15.3 Å². The van der Waals surface area contributed by atoms with E-state index < -0.39 is 5.97 Å². The van der Waals surface area contributed by atoms with Crippen molar-refractivity contribution in [3.8, 4) is 5.88 Å². The molecule has 116 valence electrons. The van der Waals surface area contributed by atoms with Gasteiger partial charge in [0.25, 0.3) is 0 Å². The number of anilines is 1. The number of hydrogen-bond donors (Lipinski definition) is 2. The molecule has 0 spiro atoms. The fraction of sp³-hybridized carbons (Fsp3) is 0.667. The first kappa shape index (κ1) is 15.5. The fourth-order valence-corrected chi connectivity index (χ4v) is 2.56. The Balaban J connectivity index is 1.77. The quantitative estimate of drug-likeness (QED) is 0.803. The van der Waals surface area contributed by atoms with Crippen LogP contribution in [-0.4, -0.2) is 34.2 Å². The van der Waals surface area contributed by atoms with Crippen molar-refractivity contribution in [3.63, 3.8) is 0 Å².